The summed E-state index contributed by atoms with van der Waals surface area (Å²) >= 11 is 12.5. The number of carbonyl (C=O) groups is 1. The molecule has 2 aromatic rings. The first-order chi connectivity index (χ1) is 11.5. The molecule has 0 saturated carbocycles. The summed E-state index contributed by atoms with van der Waals surface area (Å²) in [5.74, 6) is 0.0173. The third-order valence-electron chi connectivity index (χ3n) is 4.41. The minimum Gasteiger partial charge on any atom is -0.331 e. The summed E-state index contributed by atoms with van der Waals surface area (Å²) in [7, 11) is 0. The molecule has 1 aliphatic heterocycles. The molecule has 1 aliphatic rings. The van der Waals surface area contributed by atoms with Crippen molar-refractivity contribution in [1.29, 1.82) is 0 Å². The fraction of sp³-hybridized carbons (Fsp3) is 0.412. The SMILES string of the molecule is Cc1nn(CC(=O)N2CCNCC2c2ccccc2Cl)c(C)c1Cl. The van der Waals surface area contributed by atoms with Gasteiger partial charge in [-0.1, -0.05) is 41.4 Å². The molecule has 7 heteroatoms. The van der Waals surface area contributed by atoms with E-state index in [1.165, 1.54) is 0 Å². The molecule has 5 nitrogen and oxygen atoms in total. The molecule has 128 valence electrons. The fourth-order valence-electron chi connectivity index (χ4n) is 3.07. The number of aromatic nitrogens is 2. The summed E-state index contributed by atoms with van der Waals surface area (Å²) in [5.41, 5.74) is 2.52. The van der Waals surface area contributed by atoms with Crippen molar-refractivity contribution in [2.45, 2.75) is 26.4 Å². The Balaban J connectivity index is 1.84. The van der Waals surface area contributed by atoms with Gasteiger partial charge in [0.25, 0.3) is 0 Å². The van der Waals surface area contributed by atoms with Gasteiger partial charge in [0.15, 0.2) is 0 Å². The van der Waals surface area contributed by atoms with Gasteiger partial charge in [-0.25, -0.2) is 0 Å². The smallest absolute Gasteiger partial charge is 0.244 e. The van der Waals surface area contributed by atoms with Gasteiger partial charge in [0.1, 0.15) is 6.54 Å². The maximum Gasteiger partial charge on any atom is 0.244 e. The molecule has 1 amide bonds. The van der Waals surface area contributed by atoms with Crippen molar-refractivity contribution >= 4 is 29.1 Å². The number of aryl methyl sites for hydroxylation is 1. The summed E-state index contributed by atoms with van der Waals surface area (Å²) in [6.45, 7) is 5.99. The van der Waals surface area contributed by atoms with E-state index < -0.39 is 0 Å². The predicted molar refractivity (Wildman–Crippen MR) is 95.5 cm³/mol. The van der Waals surface area contributed by atoms with Crippen LogP contribution in [0.4, 0.5) is 0 Å². The van der Waals surface area contributed by atoms with Crippen LogP contribution in [-0.4, -0.2) is 40.2 Å². The van der Waals surface area contributed by atoms with E-state index in [-0.39, 0.29) is 18.5 Å². The zero-order chi connectivity index (χ0) is 17.3. The molecule has 24 heavy (non-hydrogen) atoms. The maximum absolute atomic E-state index is 12.9. The molecular weight excluding hydrogens is 347 g/mol. The average molecular weight is 367 g/mol. The molecule has 1 saturated heterocycles. The molecule has 1 N–H and O–H groups in total. The van der Waals surface area contributed by atoms with Crippen molar-refractivity contribution in [1.82, 2.24) is 20.0 Å². The maximum atomic E-state index is 12.9. The van der Waals surface area contributed by atoms with E-state index in [9.17, 15) is 4.79 Å². The number of nitrogens with zero attached hydrogens (tertiary/aromatic N) is 3. The standard InChI is InChI=1S/C17H20Cl2N4O/c1-11-17(19)12(2)23(21-11)10-16(24)22-8-7-20-9-15(22)13-5-3-4-6-14(13)18/h3-6,15,20H,7-10H2,1-2H3. The number of carbonyl (C=O) groups excluding carboxylic acids is 1. The molecule has 1 aromatic heterocycles. The van der Waals surface area contributed by atoms with Gasteiger partial charge in [-0.2, -0.15) is 5.10 Å². The zero-order valence-electron chi connectivity index (χ0n) is 13.7. The molecule has 0 spiro atoms. The van der Waals surface area contributed by atoms with E-state index in [1.807, 2.05) is 43.0 Å². The minimum atomic E-state index is -0.0765. The van der Waals surface area contributed by atoms with Crippen LogP contribution in [0.3, 0.4) is 0 Å². The van der Waals surface area contributed by atoms with E-state index >= 15 is 0 Å². The molecule has 2 heterocycles. The lowest BCUT2D eigenvalue weighted by molar-refractivity contribution is -0.135. The van der Waals surface area contributed by atoms with Crippen LogP contribution in [0.5, 0.6) is 0 Å². The van der Waals surface area contributed by atoms with Crippen LogP contribution < -0.4 is 5.32 Å². The largest absolute Gasteiger partial charge is 0.331 e. The van der Waals surface area contributed by atoms with Gasteiger partial charge in [0.05, 0.1) is 22.5 Å². The molecule has 1 fully saturated rings. The Labute approximate surface area is 151 Å². The lowest BCUT2D eigenvalue weighted by Crippen LogP contribution is -2.49. The quantitative estimate of drug-likeness (QED) is 0.908. The summed E-state index contributed by atoms with van der Waals surface area (Å²) in [6.07, 6.45) is 0. The number of benzene rings is 1. The van der Waals surface area contributed by atoms with Gasteiger partial charge in [-0.05, 0) is 25.5 Å². The Hall–Kier alpha value is -1.56. The average Bonchev–Trinajstić information content (AvgIpc) is 2.82. The van der Waals surface area contributed by atoms with E-state index in [4.69, 9.17) is 23.2 Å². The van der Waals surface area contributed by atoms with Crippen molar-refractivity contribution < 1.29 is 4.79 Å². The van der Waals surface area contributed by atoms with E-state index in [0.29, 0.717) is 23.1 Å². The van der Waals surface area contributed by atoms with E-state index in [1.54, 1.807) is 4.68 Å². The third-order valence-corrected chi connectivity index (χ3v) is 5.30. The highest BCUT2D eigenvalue weighted by atomic mass is 35.5. The fourth-order valence-corrected chi connectivity index (χ4v) is 3.47. The zero-order valence-corrected chi connectivity index (χ0v) is 15.2. The van der Waals surface area contributed by atoms with Gasteiger partial charge in [0.2, 0.25) is 5.91 Å². The first kappa shape index (κ1) is 17.3. The van der Waals surface area contributed by atoms with E-state index in [2.05, 4.69) is 10.4 Å². The number of halogens is 2. The topological polar surface area (TPSA) is 50.2 Å². The Morgan fingerprint density at radius 2 is 2.08 bits per heavy atom. The summed E-state index contributed by atoms with van der Waals surface area (Å²) in [6, 6.07) is 7.59. The van der Waals surface area contributed by atoms with E-state index in [0.717, 1.165) is 23.5 Å². The van der Waals surface area contributed by atoms with Crippen LogP contribution in [0.1, 0.15) is 23.0 Å². The molecule has 0 bridgehead atoms. The van der Waals surface area contributed by atoms with Crippen LogP contribution in [-0.2, 0) is 11.3 Å². The number of hydrogen-bond acceptors (Lipinski definition) is 3. The van der Waals surface area contributed by atoms with Crippen molar-refractivity contribution in [3.63, 3.8) is 0 Å². The van der Waals surface area contributed by atoms with Crippen LogP contribution >= 0.6 is 23.2 Å². The Bertz CT molecular complexity index is 759. The second-order valence-corrected chi connectivity index (χ2v) is 6.76. The van der Waals surface area contributed by atoms with Gasteiger partial charge in [-0.15, -0.1) is 0 Å². The van der Waals surface area contributed by atoms with Crippen LogP contribution in [0, 0.1) is 13.8 Å². The lowest BCUT2D eigenvalue weighted by atomic mass is 10.0. The Morgan fingerprint density at radius 3 is 2.75 bits per heavy atom. The summed E-state index contributed by atoms with van der Waals surface area (Å²) in [4.78, 5) is 14.8. The van der Waals surface area contributed by atoms with Crippen LogP contribution in [0.15, 0.2) is 24.3 Å². The highest BCUT2D eigenvalue weighted by Gasteiger charge is 2.29. The summed E-state index contributed by atoms with van der Waals surface area (Å²) in [5, 5.41) is 8.99. The van der Waals surface area contributed by atoms with Crippen molar-refractivity contribution in [2.75, 3.05) is 19.6 Å². The van der Waals surface area contributed by atoms with Gasteiger partial charge < -0.3 is 10.2 Å². The van der Waals surface area contributed by atoms with Gasteiger partial charge in [-0.3, -0.25) is 9.48 Å². The molecule has 0 aliphatic carbocycles. The molecule has 0 radical (unpaired) electrons. The first-order valence-corrected chi connectivity index (χ1v) is 8.68. The lowest BCUT2D eigenvalue weighted by Gasteiger charge is -2.37. The van der Waals surface area contributed by atoms with Gasteiger partial charge >= 0.3 is 0 Å². The molecular formula is C17H20Cl2N4O. The Morgan fingerprint density at radius 1 is 1.33 bits per heavy atom. The minimum absolute atomic E-state index is 0.0173. The number of nitrogens with one attached hydrogen (secondary N) is 1. The Kier molecular flexibility index (Phi) is 5.13. The highest BCUT2D eigenvalue weighted by molar-refractivity contribution is 6.32. The predicted octanol–water partition coefficient (Wildman–Crippen LogP) is 2.98. The van der Waals surface area contributed by atoms with Crippen molar-refractivity contribution in [3.8, 4) is 0 Å². The summed E-state index contributed by atoms with van der Waals surface area (Å²) < 4.78 is 1.67. The number of amides is 1. The normalized spacial score (nSPS) is 18.0. The van der Waals surface area contributed by atoms with Gasteiger partial charge in [0, 0.05) is 24.7 Å². The van der Waals surface area contributed by atoms with Crippen molar-refractivity contribution in [2.24, 2.45) is 0 Å². The number of piperazine rings is 1. The van der Waals surface area contributed by atoms with Crippen molar-refractivity contribution in [3.05, 3.63) is 51.3 Å². The molecule has 1 atom stereocenters. The van der Waals surface area contributed by atoms with Crippen LogP contribution in [0.25, 0.3) is 0 Å². The van der Waals surface area contributed by atoms with Crippen LogP contribution in [0.2, 0.25) is 10.0 Å². The monoisotopic (exact) mass is 366 g/mol. The second kappa shape index (κ2) is 7.13. The third kappa shape index (κ3) is 3.29. The highest BCUT2D eigenvalue weighted by Crippen LogP contribution is 2.29. The first-order valence-electron chi connectivity index (χ1n) is 7.93. The second-order valence-electron chi connectivity index (χ2n) is 5.97. The molecule has 1 aromatic carbocycles. The number of rotatable bonds is 3. The number of hydrogen-bond donors (Lipinski definition) is 1. The molecule has 3 rings (SSSR count). The molecule has 1 unspecified atom stereocenters.